The predicted octanol–water partition coefficient (Wildman–Crippen LogP) is 3.28. The van der Waals surface area contributed by atoms with Crippen LogP contribution in [0, 0.1) is 0 Å². The second-order valence-corrected chi connectivity index (χ2v) is 7.67. The first-order valence-corrected chi connectivity index (χ1v) is 8.62. The highest BCUT2D eigenvalue weighted by Gasteiger charge is 2.27. The van der Waals surface area contributed by atoms with Crippen LogP contribution < -0.4 is 4.72 Å². The van der Waals surface area contributed by atoms with Crippen molar-refractivity contribution < 1.29 is 8.42 Å². The Morgan fingerprint density at radius 3 is 2.39 bits per heavy atom. The van der Waals surface area contributed by atoms with Gasteiger partial charge in [-0.3, -0.25) is 0 Å². The molecule has 1 aliphatic carbocycles. The van der Waals surface area contributed by atoms with Crippen molar-refractivity contribution in [1.82, 2.24) is 4.72 Å². The Hall–Kier alpha value is -0.100. The quantitative estimate of drug-likeness (QED) is 0.849. The molecule has 3 nitrogen and oxygen atoms in total. The summed E-state index contributed by atoms with van der Waals surface area (Å²) in [5, 5.41) is -0.107. The lowest BCUT2D eigenvalue weighted by Crippen LogP contribution is -2.42. The summed E-state index contributed by atoms with van der Waals surface area (Å²) in [5.74, 6) is 0. The van der Waals surface area contributed by atoms with Crippen molar-refractivity contribution in [3.8, 4) is 0 Å². The van der Waals surface area contributed by atoms with Gasteiger partial charge in [-0.05, 0) is 37.1 Å². The van der Waals surface area contributed by atoms with Crippen molar-refractivity contribution in [3.05, 3.63) is 28.7 Å². The number of rotatable bonds is 3. The molecule has 1 fully saturated rings. The summed E-state index contributed by atoms with van der Waals surface area (Å²) in [4.78, 5) is 0.278. The van der Waals surface area contributed by atoms with Gasteiger partial charge in [0.05, 0.1) is 4.90 Å². The van der Waals surface area contributed by atoms with Gasteiger partial charge in [0.25, 0.3) is 0 Å². The molecule has 0 amide bonds. The smallest absolute Gasteiger partial charge is 0.207 e. The van der Waals surface area contributed by atoms with Crippen LogP contribution in [0.1, 0.15) is 25.7 Å². The van der Waals surface area contributed by atoms with Crippen molar-refractivity contribution in [2.45, 2.75) is 42.0 Å². The SMILES string of the molecule is O=S(=O)(N[C@H]1CCCC[C@H]1Cl)c1ccc(Br)cc1. The second-order valence-electron chi connectivity index (χ2n) is 4.48. The highest BCUT2D eigenvalue weighted by atomic mass is 79.9. The van der Waals surface area contributed by atoms with Crippen molar-refractivity contribution in [2.75, 3.05) is 0 Å². The lowest BCUT2D eigenvalue weighted by Gasteiger charge is -2.27. The molecule has 6 heteroatoms. The number of nitrogens with one attached hydrogen (secondary N) is 1. The van der Waals surface area contributed by atoms with Gasteiger partial charge < -0.3 is 0 Å². The topological polar surface area (TPSA) is 46.2 Å². The first-order valence-electron chi connectivity index (χ1n) is 5.91. The highest BCUT2D eigenvalue weighted by Crippen LogP contribution is 2.25. The van der Waals surface area contributed by atoms with Gasteiger partial charge in [-0.2, -0.15) is 0 Å². The zero-order chi connectivity index (χ0) is 13.2. The molecule has 100 valence electrons. The monoisotopic (exact) mass is 351 g/mol. The maximum atomic E-state index is 12.2. The molecule has 0 unspecified atom stereocenters. The van der Waals surface area contributed by atoms with Crippen molar-refractivity contribution in [2.24, 2.45) is 0 Å². The summed E-state index contributed by atoms with van der Waals surface area (Å²) in [5.41, 5.74) is 0. The van der Waals surface area contributed by atoms with Gasteiger partial charge >= 0.3 is 0 Å². The van der Waals surface area contributed by atoms with Gasteiger partial charge in [0.2, 0.25) is 10.0 Å². The molecule has 2 atom stereocenters. The minimum Gasteiger partial charge on any atom is -0.207 e. The molecule has 0 aromatic heterocycles. The summed E-state index contributed by atoms with van der Waals surface area (Å²) < 4.78 is 27.9. The van der Waals surface area contributed by atoms with Crippen LogP contribution in [0.15, 0.2) is 33.6 Å². The van der Waals surface area contributed by atoms with E-state index in [1.54, 1.807) is 24.3 Å². The Labute approximate surface area is 121 Å². The van der Waals surface area contributed by atoms with Crippen LogP contribution in [0.3, 0.4) is 0 Å². The van der Waals surface area contributed by atoms with Gasteiger partial charge in [0, 0.05) is 15.9 Å². The molecule has 1 aromatic rings. The standard InChI is InChI=1S/C12H15BrClNO2S/c13-9-5-7-10(8-6-9)18(16,17)15-12-4-2-1-3-11(12)14/h5-8,11-12,15H,1-4H2/t11-,12+/m1/s1. The zero-order valence-electron chi connectivity index (χ0n) is 9.77. The van der Waals surface area contributed by atoms with E-state index in [-0.39, 0.29) is 16.3 Å². The first-order chi connectivity index (χ1) is 8.49. The maximum Gasteiger partial charge on any atom is 0.240 e. The molecule has 0 bridgehead atoms. The third-order valence-electron chi connectivity index (χ3n) is 3.11. The van der Waals surface area contributed by atoms with E-state index in [0.717, 1.165) is 30.2 Å². The van der Waals surface area contributed by atoms with Crippen LogP contribution in [0.2, 0.25) is 0 Å². The van der Waals surface area contributed by atoms with Crippen molar-refractivity contribution in [1.29, 1.82) is 0 Å². The lowest BCUT2D eigenvalue weighted by atomic mass is 9.96. The van der Waals surface area contributed by atoms with Crippen LogP contribution in [-0.4, -0.2) is 19.8 Å². The minimum absolute atomic E-state index is 0.107. The van der Waals surface area contributed by atoms with E-state index in [0.29, 0.717) is 0 Å². The minimum atomic E-state index is -3.46. The van der Waals surface area contributed by atoms with Gasteiger partial charge in [-0.25, -0.2) is 13.1 Å². The Morgan fingerprint density at radius 2 is 1.78 bits per heavy atom. The molecule has 0 aliphatic heterocycles. The molecule has 0 saturated heterocycles. The molecule has 1 N–H and O–H groups in total. The maximum absolute atomic E-state index is 12.2. The average Bonchev–Trinajstić information content (AvgIpc) is 2.32. The van der Waals surface area contributed by atoms with Crippen LogP contribution in [0.4, 0.5) is 0 Å². The van der Waals surface area contributed by atoms with Gasteiger partial charge in [0.1, 0.15) is 0 Å². The van der Waals surface area contributed by atoms with E-state index in [9.17, 15) is 8.42 Å². The van der Waals surface area contributed by atoms with E-state index in [1.165, 1.54) is 0 Å². The van der Waals surface area contributed by atoms with Gasteiger partial charge in [-0.1, -0.05) is 28.8 Å². The number of sulfonamides is 1. The molecule has 1 aliphatic rings. The van der Waals surface area contributed by atoms with Gasteiger partial charge in [-0.15, -0.1) is 11.6 Å². The first kappa shape index (κ1) is 14.3. The fourth-order valence-corrected chi connectivity index (χ4v) is 4.09. The van der Waals surface area contributed by atoms with Crippen LogP contribution in [-0.2, 0) is 10.0 Å². The average molecular weight is 353 g/mol. The van der Waals surface area contributed by atoms with E-state index in [1.807, 2.05) is 0 Å². The third kappa shape index (κ3) is 3.47. The summed E-state index contributed by atoms with van der Waals surface area (Å²) in [6.45, 7) is 0. The van der Waals surface area contributed by atoms with Crippen LogP contribution >= 0.6 is 27.5 Å². The number of hydrogen-bond acceptors (Lipinski definition) is 2. The zero-order valence-corrected chi connectivity index (χ0v) is 12.9. The largest absolute Gasteiger partial charge is 0.240 e. The molecule has 0 heterocycles. The third-order valence-corrected chi connectivity index (χ3v) is 5.67. The Balaban J connectivity index is 2.13. The van der Waals surface area contributed by atoms with Gasteiger partial charge in [0.15, 0.2) is 0 Å². The van der Waals surface area contributed by atoms with Crippen molar-refractivity contribution >= 4 is 37.6 Å². The van der Waals surface area contributed by atoms with E-state index >= 15 is 0 Å². The summed E-state index contributed by atoms with van der Waals surface area (Å²) in [6.07, 6.45) is 3.78. The second kappa shape index (κ2) is 5.90. The molecular formula is C12H15BrClNO2S. The molecule has 0 radical (unpaired) electrons. The molecule has 0 spiro atoms. The van der Waals surface area contributed by atoms with Crippen molar-refractivity contribution in [3.63, 3.8) is 0 Å². The Morgan fingerprint density at radius 1 is 1.17 bits per heavy atom. The Kier molecular flexibility index (Phi) is 4.69. The highest BCUT2D eigenvalue weighted by molar-refractivity contribution is 9.10. The fourth-order valence-electron chi connectivity index (χ4n) is 2.10. The number of alkyl halides is 1. The summed E-state index contributed by atoms with van der Waals surface area (Å²) >= 11 is 9.45. The Bertz CT molecular complexity index is 503. The molecule has 1 saturated carbocycles. The fraction of sp³-hybridized carbons (Fsp3) is 0.500. The molecule has 2 rings (SSSR count). The predicted molar refractivity (Wildman–Crippen MR) is 76.4 cm³/mol. The van der Waals surface area contributed by atoms with Crippen LogP contribution in [0.25, 0.3) is 0 Å². The summed E-state index contributed by atoms with van der Waals surface area (Å²) in [7, 11) is -3.46. The lowest BCUT2D eigenvalue weighted by molar-refractivity contribution is 0.418. The molecule has 18 heavy (non-hydrogen) atoms. The number of halogens is 2. The van der Waals surface area contributed by atoms with Crippen LogP contribution in [0.5, 0.6) is 0 Å². The van der Waals surface area contributed by atoms with E-state index < -0.39 is 10.0 Å². The molecule has 1 aromatic carbocycles. The van der Waals surface area contributed by atoms with E-state index in [4.69, 9.17) is 11.6 Å². The normalized spacial score (nSPS) is 25.0. The van der Waals surface area contributed by atoms with E-state index in [2.05, 4.69) is 20.7 Å². The summed E-state index contributed by atoms with van der Waals surface area (Å²) in [6, 6.07) is 6.44. The molecular weight excluding hydrogens is 338 g/mol. The number of benzene rings is 1. The number of hydrogen-bond donors (Lipinski definition) is 1.